The van der Waals surface area contributed by atoms with Crippen molar-refractivity contribution in [3.63, 3.8) is 0 Å². The number of amidine groups is 1. The van der Waals surface area contributed by atoms with Gasteiger partial charge in [-0.05, 0) is 46.6 Å². The Kier molecular flexibility index (Phi) is 8.27. The fourth-order valence-corrected chi connectivity index (χ4v) is 4.81. The maximum absolute atomic E-state index is 14.2. The highest BCUT2D eigenvalue weighted by molar-refractivity contribution is 7.17. The van der Waals surface area contributed by atoms with Gasteiger partial charge in [-0.1, -0.05) is 0 Å². The van der Waals surface area contributed by atoms with Crippen LogP contribution in [0, 0.1) is 0 Å². The molecule has 2 amide bonds. The summed E-state index contributed by atoms with van der Waals surface area (Å²) >= 11 is 0.671. The van der Waals surface area contributed by atoms with Gasteiger partial charge in [-0.15, -0.1) is 11.3 Å². The summed E-state index contributed by atoms with van der Waals surface area (Å²) in [5, 5.41) is 8.54. The Morgan fingerprint density at radius 3 is 2.54 bits per heavy atom. The van der Waals surface area contributed by atoms with Gasteiger partial charge in [0.1, 0.15) is 11.5 Å². The predicted molar refractivity (Wildman–Crippen MR) is 135 cm³/mol. The molecule has 1 atom stereocenters. The first-order chi connectivity index (χ1) is 17.2. The SMILES string of the molecule is CC1CCCN1C(=O)c1nc(C(=O)NC/C(=N/N)NN)sc1-c1cnc(NC(C)(C)C)cc1C(F)(F)F. The lowest BCUT2D eigenvalue weighted by Gasteiger charge is -2.23. The lowest BCUT2D eigenvalue weighted by Crippen LogP contribution is -2.41. The van der Waals surface area contributed by atoms with Gasteiger partial charge in [0.15, 0.2) is 10.8 Å². The highest BCUT2D eigenvalue weighted by Crippen LogP contribution is 2.42. The van der Waals surface area contributed by atoms with E-state index >= 15 is 0 Å². The average molecular weight is 542 g/mol. The number of thiazole rings is 1. The van der Waals surface area contributed by atoms with Crippen LogP contribution in [0.2, 0.25) is 0 Å². The predicted octanol–water partition coefficient (Wildman–Crippen LogP) is 2.52. The third kappa shape index (κ3) is 6.65. The Morgan fingerprint density at radius 2 is 2.00 bits per heavy atom. The number of hydrazine groups is 1. The number of hydrazone groups is 1. The molecule has 1 aliphatic heterocycles. The molecule has 1 fully saturated rings. The monoisotopic (exact) mass is 541 g/mol. The quantitative estimate of drug-likeness (QED) is 0.161. The number of hydrogen-bond donors (Lipinski definition) is 5. The van der Waals surface area contributed by atoms with Crippen molar-refractivity contribution in [2.45, 2.75) is 58.3 Å². The minimum absolute atomic E-state index is 0.0231. The molecule has 0 spiro atoms. The molecule has 0 bridgehead atoms. The van der Waals surface area contributed by atoms with Gasteiger partial charge in [-0.25, -0.2) is 15.8 Å². The molecule has 2 aromatic heterocycles. The van der Waals surface area contributed by atoms with Crippen LogP contribution in [0.5, 0.6) is 0 Å². The minimum atomic E-state index is -4.76. The number of carbonyl (C=O) groups is 2. The summed E-state index contributed by atoms with van der Waals surface area (Å²) < 4.78 is 42.6. The molecule has 0 radical (unpaired) electrons. The van der Waals surface area contributed by atoms with Crippen LogP contribution in [0.25, 0.3) is 10.4 Å². The van der Waals surface area contributed by atoms with Crippen LogP contribution < -0.4 is 27.7 Å². The fourth-order valence-electron chi connectivity index (χ4n) is 3.81. The van der Waals surface area contributed by atoms with Crippen molar-refractivity contribution in [1.82, 2.24) is 25.6 Å². The lowest BCUT2D eigenvalue weighted by atomic mass is 10.1. The Hall–Kier alpha value is -3.46. The van der Waals surface area contributed by atoms with Gasteiger partial charge in [0.2, 0.25) is 0 Å². The first-order valence-corrected chi connectivity index (χ1v) is 12.3. The van der Waals surface area contributed by atoms with Crippen molar-refractivity contribution in [3.05, 3.63) is 28.5 Å². The summed E-state index contributed by atoms with van der Waals surface area (Å²) in [6, 6.07) is 0.779. The van der Waals surface area contributed by atoms with E-state index in [2.05, 4.69) is 31.1 Å². The maximum atomic E-state index is 14.2. The third-order valence-electron chi connectivity index (χ3n) is 5.53. The van der Waals surface area contributed by atoms with Crippen LogP contribution in [-0.4, -0.2) is 57.2 Å². The number of amides is 2. The van der Waals surface area contributed by atoms with Gasteiger partial charge in [-0.3, -0.25) is 9.59 Å². The van der Waals surface area contributed by atoms with Crippen molar-refractivity contribution < 1.29 is 22.8 Å². The van der Waals surface area contributed by atoms with E-state index in [1.165, 1.54) is 0 Å². The van der Waals surface area contributed by atoms with E-state index in [4.69, 9.17) is 11.7 Å². The summed E-state index contributed by atoms with van der Waals surface area (Å²) in [5.74, 6) is 9.20. The largest absolute Gasteiger partial charge is 0.417 e. The van der Waals surface area contributed by atoms with Gasteiger partial charge in [0.25, 0.3) is 11.8 Å². The fraction of sp³-hybridized carbons (Fsp3) is 0.500. The molecule has 202 valence electrons. The number of carbonyl (C=O) groups excluding carboxylic acids is 2. The Morgan fingerprint density at radius 1 is 1.30 bits per heavy atom. The van der Waals surface area contributed by atoms with Crippen molar-refractivity contribution in [2.75, 3.05) is 18.4 Å². The molecule has 7 N–H and O–H groups in total. The van der Waals surface area contributed by atoms with Crippen LogP contribution >= 0.6 is 11.3 Å². The topological polar surface area (TPSA) is 164 Å². The zero-order valence-electron chi connectivity index (χ0n) is 20.9. The Balaban J connectivity index is 2.12. The number of halogens is 3. The number of aromatic nitrogens is 2. The van der Waals surface area contributed by atoms with Gasteiger partial charge in [0.05, 0.1) is 17.0 Å². The molecule has 0 aromatic carbocycles. The third-order valence-corrected chi connectivity index (χ3v) is 6.62. The molecule has 37 heavy (non-hydrogen) atoms. The number of likely N-dealkylation sites (tertiary alicyclic amines) is 1. The Labute approximate surface area is 215 Å². The summed E-state index contributed by atoms with van der Waals surface area (Å²) in [7, 11) is 0. The van der Waals surface area contributed by atoms with E-state index in [1.807, 2.05) is 6.92 Å². The van der Waals surface area contributed by atoms with Gasteiger partial charge in [0, 0.05) is 29.9 Å². The van der Waals surface area contributed by atoms with Crippen molar-refractivity contribution in [2.24, 2.45) is 16.8 Å². The number of pyridine rings is 1. The number of nitrogens with zero attached hydrogens (tertiary/aromatic N) is 4. The molecular formula is C22H30F3N9O2S. The van der Waals surface area contributed by atoms with E-state index < -0.39 is 29.1 Å². The second-order valence-electron chi connectivity index (χ2n) is 9.58. The van der Waals surface area contributed by atoms with Crippen molar-refractivity contribution >= 4 is 34.8 Å². The first kappa shape index (κ1) is 28.1. The van der Waals surface area contributed by atoms with Crippen LogP contribution in [0.1, 0.15) is 66.4 Å². The number of rotatable bonds is 6. The van der Waals surface area contributed by atoms with Crippen LogP contribution in [-0.2, 0) is 6.18 Å². The van der Waals surface area contributed by atoms with Crippen LogP contribution in [0.15, 0.2) is 17.4 Å². The number of anilines is 1. The highest BCUT2D eigenvalue weighted by Gasteiger charge is 2.38. The molecule has 2 aromatic rings. The molecule has 15 heteroatoms. The molecule has 0 aliphatic carbocycles. The molecule has 3 rings (SSSR count). The summed E-state index contributed by atoms with van der Waals surface area (Å²) in [4.78, 5) is 36.0. The molecular weight excluding hydrogens is 511 g/mol. The number of hydrogen-bond acceptors (Lipinski definition) is 9. The van der Waals surface area contributed by atoms with E-state index in [1.54, 1.807) is 25.7 Å². The van der Waals surface area contributed by atoms with Crippen molar-refractivity contribution in [3.8, 4) is 10.4 Å². The van der Waals surface area contributed by atoms with Gasteiger partial charge >= 0.3 is 6.18 Å². The van der Waals surface area contributed by atoms with Crippen molar-refractivity contribution in [1.29, 1.82) is 0 Å². The second kappa shape index (κ2) is 10.9. The molecule has 11 nitrogen and oxygen atoms in total. The molecule has 3 heterocycles. The molecule has 1 aliphatic rings. The molecule has 0 saturated carbocycles. The second-order valence-corrected chi connectivity index (χ2v) is 10.6. The number of alkyl halides is 3. The Bertz CT molecular complexity index is 1190. The first-order valence-electron chi connectivity index (χ1n) is 11.4. The number of nitrogens with one attached hydrogen (secondary N) is 3. The summed E-state index contributed by atoms with van der Waals surface area (Å²) in [6.07, 6.45) is -2.20. The summed E-state index contributed by atoms with van der Waals surface area (Å²) in [6.45, 7) is 7.48. The highest BCUT2D eigenvalue weighted by atomic mass is 32.1. The van der Waals surface area contributed by atoms with Gasteiger partial charge < -0.3 is 26.8 Å². The lowest BCUT2D eigenvalue weighted by molar-refractivity contribution is -0.137. The standard InChI is InChI=1S/C22H30F3N9O2S/c1-11-6-5-7-34(11)20(36)16-17(37-19(30-16)18(35)29-10-15(32-26)33-27)12-9-28-14(31-21(2,3)4)8-13(12)22(23,24)25/h8-9,11H,5-7,10,26-27H2,1-4H3,(H,28,31)(H,29,35)(H,32,33). The minimum Gasteiger partial charge on any atom is -0.365 e. The normalized spacial score (nSPS) is 16.6. The van der Waals surface area contributed by atoms with E-state index in [9.17, 15) is 22.8 Å². The average Bonchev–Trinajstić information content (AvgIpc) is 3.44. The zero-order valence-corrected chi connectivity index (χ0v) is 21.7. The molecule has 1 unspecified atom stereocenters. The number of nitrogens with two attached hydrogens (primary N) is 2. The maximum Gasteiger partial charge on any atom is 0.417 e. The van der Waals surface area contributed by atoms with Crippen LogP contribution in [0.3, 0.4) is 0 Å². The zero-order chi connectivity index (χ0) is 27.5. The molecule has 1 saturated heterocycles. The van der Waals surface area contributed by atoms with Gasteiger partial charge in [-0.2, -0.15) is 18.3 Å². The van der Waals surface area contributed by atoms with Crippen LogP contribution in [0.4, 0.5) is 19.0 Å². The van der Waals surface area contributed by atoms with E-state index in [0.717, 1.165) is 25.1 Å². The van der Waals surface area contributed by atoms with E-state index in [-0.39, 0.29) is 45.4 Å². The van der Waals surface area contributed by atoms with E-state index in [0.29, 0.717) is 17.9 Å². The summed E-state index contributed by atoms with van der Waals surface area (Å²) in [5.41, 5.74) is 0.0810. The smallest absolute Gasteiger partial charge is 0.365 e.